The number of imide groups is 1. The molecule has 6 heteroatoms. The number of benzene rings is 1. The first-order valence-corrected chi connectivity index (χ1v) is 7.44. The Hall–Kier alpha value is -1.72. The molecule has 0 saturated carbocycles. The van der Waals surface area contributed by atoms with Gasteiger partial charge in [-0.05, 0) is 17.7 Å². The van der Waals surface area contributed by atoms with Crippen molar-refractivity contribution in [1.29, 1.82) is 0 Å². The third-order valence-electron chi connectivity index (χ3n) is 3.41. The monoisotopic (exact) mass is 306 g/mol. The highest BCUT2D eigenvalue weighted by molar-refractivity contribution is 7.07. The van der Waals surface area contributed by atoms with Crippen LogP contribution in [0.3, 0.4) is 0 Å². The van der Waals surface area contributed by atoms with Crippen LogP contribution < -0.4 is 5.32 Å². The Morgan fingerprint density at radius 2 is 2.00 bits per heavy atom. The zero-order valence-electron chi connectivity index (χ0n) is 10.4. The average Bonchev–Trinajstić information content (AvgIpc) is 2.93. The first-order chi connectivity index (χ1) is 9.65. The maximum Gasteiger partial charge on any atom is 0.234 e. The standard InChI is InChI=1S/C14H11ClN2O2S/c15-9-3-1-8(2-4-9)13-10(11-6-20-7-16-11)5-12(18)17-14(13)19/h1-4,6-7,10,13H,5H2,(H,17,18,19). The number of halogens is 1. The van der Waals surface area contributed by atoms with E-state index < -0.39 is 5.92 Å². The number of nitrogens with one attached hydrogen (secondary N) is 1. The van der Waals surface area contributed by atoms with Crippen LogP contribution in [-0.4, -0.2) is 16.8 Å². The molecule has 102 valence electrons. The first-order valence-electron chi connectivity index (χ1n) is 6.12. The number of hydrogen-bond donors (Lipinski definition) is 1. The third kappa shape index (κ3) is 2.46. The van der Waals surface area contributed by atoms with Gasteiger partial charge in [-0.3, -0.25) is 14.9 Å². The molecular formula is C14H11ClN2O2S. The van der Waals surface area contributed by atoms with Crippen molar-refractivity contribution in [2.45, 2.75) is 18.3 Å². The van der Waals surface area contributed by atoms with Crippen molar-refractivity contribution in [3.05, 3.63) is 51.4 Å². The predicted octanol–water partition coefficient (Wildman–Crippen LogP) is 2.71. The van der Waals surface area contributed by atoms with Crippen LogP contribution in [0.5, 0.6) is 0 Å². The van der Waals surface area contributed by atoms with Crippen molar-refractivity contribution in [2.75, 3.05) is 0 Å². The Kier molecular flexibility index (Phi) is 3.54. The molecule has 2 unspecified atom stereocenters. The van der Waals surface area contributed by atoms with E-state index in [2.05, 4.69) is 10.3 Å². The second-order valence-corrected chi connectivity index (χ2v) is 5.82. The Balaban J connectivity index is 2.01. The van der Waals surface area contributed by atoms with Crippen LogP contribution in [-0.2, 0) is 9.59 Å². The van der Waals surface area contributed by atoms with E-state index in [-0.39, 0.29) is 24.2 Å². The lowest BCUT2D eigenvalue weighted by Crippen LogP contribution is -2.43. The molecule has 3 rings (SSSR count). The first kappa shape index (κ1) is 13.3. The van der Waals surface area contributed by atoms with Gasteiger partial charge in [0.05, 0.1) is 17.1 Å². The van der Waals surface area contributed by atoms with Crippen LogP contribution in [0.25, 0.3) is 0 Å². The van der Waals surface area contributed by atoms with Crippen LogP contribution in [0.4, 0.5) is 0 Å². The van der Waals surface area contributed by atoms with Gasteiger partial charge in [0.25, 0.3) is 0 Å². The second kappa shape index (κ2) is 5.34. The normalized spacial score (nSPS) is 22.6. The molecule has 1 fully saturated rings. The largest absolute Gasteiger partial charge is 0.296 e. The van der Waals surface area contributed by atoms with Crippen LogP contribution in [0.1, 0.15) is 29.5 Å². The Bertz CT molecular complexity index is 640. The van der Waals surface area contributed by atoms with E-state index in [0.717, 1.165) is 11.3 Å². The quantitative estimate of drug-likeness (QED) is 0.868. The lowest BCUT2D eigenvalue weighted by atomic mass is 9.79. The molecule has 2 atom stereocenters. The lowest BCUT2D eigenvalue weighted by Gasteiger charge is -2.29. The van der Waals surface area contributed by atoms with E-state index in [1.54, 1.807) is 17.6 Å². The number of thiazole rings is 1. The summed E-state index contributed by atoms with van der Waals surface area (Å²) < 4.78 is 0. The molecular weight excluding hydrogens is 296 g/mol. The lowest BCUT2D eigenvalue weighted by molar-refractivity contribution is -0.135. The van der Waals surface area contributed by atoms with Crippen molar-refractivity contribution in [3.63, 3.8) is 0 Å². The third-order valence-corrected chi connectivity index (χ3v) is 4.27. The van der Waals surface area contributed by atoms with Crippen molar-refractivity contribution < 1.29 is 9.59 Å². The van der Waals surface area contributed by atoms with Gasteiger partial charge in [0, 0.05) is 22.7 Å². The maximum atomic E-state index is 12.2. The van der Waals surface area contributed by atoms with Gasteiger partial charge < -0.3 is 0 Å². The summed E-state index contributed by atoms with van der Waals surface area (Å²) in [7, 11) is 0. The molecule has 1 N–H and O–H groups in total. The van der Waals surface area contributed by atoms with Crippen LogP contribution >= 0.6 is 22.9 Å². The number of rotatable bonds is 2. The number of nitrogens with zero attached hydrogens (tertiary/aromatic N) is 1. The van der Waals surface area contributed by atoms with Crippen molar-refractivity contribution in [3.8, 4) is 0 Å². The molecule has 0 spiro atoms. The van der Waals surface area contributed by atoms with Gasteiger partial charge >= 0.3 is 0 Å². The Morgan fingerprint density at radius 1 is 1.25 bits per heavy atom. The molecule has 2 aromatic rings. The summed E-state index contributed by atoms with van der Waals surface area (Å²) in [4.78, 5) is 28.1. The minimum atomic E-state index is -0.410. The highest BCUT2D eigenvalue weighted by Gasteiger charge is 2.38. The Morgan fingerprint density at radius 3 is 2.65 bits per heavy atom. The van der Waals surface area contributed by atoms with Gasteiger partial charge in [-0.2, -0.15) is 0 Å². The second-order valence-electron chi connectivity index (χ2n) is 4.67. The van der Waals surface area contributed by atoms with Crippen LogP contribution in [0.2, 0.25) is 5.02 Å². The van der Waals surface area contributed by atoms with E-state index >= 15 is 0 Å². The number of hydrogen-bond acceptors (Lipinski definition) is 4. The summed E-state index contributed by atoms with van der Waals surface area (Å²) in [6.45, 7) is 0. The zero-order valence-corrected chi connectivity index (χ0v) is 11.9. The molecule has 0 aliphatic carbocycles. The molecule has 2 heterocycles. The van der Waals surface area contributed by atoms with Crippen molar-refractivity contribution in [1.82, 2.24) is 10.3 Å². The molecule has 2 amide bonds. The summed E-state index contributed by atoms with van der Waals surface area (Å²) in [5.41, 5.74) is 3.35. The van der Waals surface area contributed by atoms with E-state index in [4.69, 9.17) is 11.6 Å². The van der Waals surface area contributed by atoms with Crippen molar-refractivity contribution in [2.24, 2.45) is 0 Å². The molecule has 1 aliphatic heterocycles. The van der Waals surface area contributed by atoms with Gasteiger partial charge in [0.2, 0.25) is 11.8 Å². The van der Waals surface area contributed by atoms with E-state index in [1.165, 1.54) is 11.3 Å². The minimum Gasteiger partial charge on any atom is -0.296 e. The summed E-state index contributed by atoms with van der Waals surface area (Å²) in [5, 5.41) is 4.90. The van der Waals surface area contributed by atoms with Gasteiger partial charge in [-0.1, -0.05) is 23.7 Å². The number of carbonyl (C=O) groups excluding carboxylic acids is 2. The fourth-order valence-corrected chi connectivity index (χ4v) is 3.25. The fraction of sp³-hybridized carbons (Fsp3) is 0.214. The number of aromatic nitrogens is 1. The van der Waals surface area contributed by atoms with E-state index in [1.807, 2.05) is 17.5 Å². The molecule has 1 aromatic heterocycles. The topological polar surface area (TPSA) is 59.1 Å². The maximum absolute atomic E-state index is 12.2. The van der Waals surface area contributed by atoms with Gasteiger partial charge in [-0.15, -0.1) is 11.3 Å². The molecule has 0 bridgehead atoms. The summed E-state index contributed by atoms with van der Waals surface area (Å²) in [5.74, 6) is -1.16. The number of amides is 2. The molecule has 20 heavy (non-hydrogen) atoms. The van der Waals surface area contributed by atoms with Gasteiger partial charge in [0.1, 0.15) is 0 Å². The predicted molar refractivity (Wildman–Crippen MR) is 76.8 cm³/mol. The van der Waals surface area contributed by atoms with Crippen LogP contribution in [0, 0.1) is 0 Å². The molecule has 1 aliphatic rings. The van der Waals surface area contributed by atoms with Gasteiger partial charge in [-0.25, -0.2) is 4.98 Å². The number of carbonyl (C=O) groups is 2. The van der Waals surface area contributed by atoms with Crippen molar-refractivity contribution >= 4 is 34.8 Å². The van der Waals surface area contributed by atoms with E-state index in [9.17, 15) is 9.59 Å². The SMILES string of the molecule is O=C1CC(c2cscn2)C(c2ccc(Cl)cc2)C(=O)N1. The number of piperidine rings is 1. The van der Waals surface area contributed by atoms with Crippen LogP contribution in [0.15, 0.2) is 35.2 Å². The summed E-state index contributed by atoms with van der Waals surface area (Å²) >= 11 is 7.34. The minimum absolute atomic E-state index is 0.219. The summed E-state index contributed by atoms with van der Waals surface area (Å²) in [6, 6.07) is 7.14. The molecule has 1 aromatic carbocycles. The Labute approximate surface area is 124 Å². The molecule has 4 nitrogen and oxygen atoms in total. The summed E-state index contributed by atoms with van der Waals surface area (Å²) in [6.07, 6.45) is 0.267. The van der Waals surface area contributed by atoms with E-state index in [0.29, 0.717) is 5.02 Å². The smallest absolute Gasteiger partial charge is 0.234 e. The highest BCUT2D eigenvalue weighted by Crippen LogP contribution is 2.38. The zero-order chi connectivity index (χ0) is 14.1. The average molecular weight is 307 g/mol. The molecule has 1 saturated heterocycles. The highest BCUT2D eigenvalue weighted by atomic mass is 35.5. The fourth-order valence-electron chi connectivity index (χ4n) is 2.50. The molecule has 0 radical (unpaired) electrons. The van der Waals surface area contributed by atoms with Gasteiger partial charge in [0.15, 0.2) is 0 Å².